The van der Waals surface area contributed by atoms with E-state index in [9.17, 15) is 0 Å². The number of hydrogen-bond acceptors (Lipinski definition) is 2. The molecule has 1 aliphatic rings. The fourth-order valence-corrected chi connectivity index (χ4v) is 2.50. The highest BCUT2D eigenvalue weighted by Crippen LogP contribution is 2.24. The van der Waals surface area contributed by atoms with E-state index in [2.05, 4.69) is 42.6 Å². The van der Waals surface area contributed by atoms with E-state index in [1.54, 1.807) is 6.26 Å². The van der Waals surface area contributed by atoms with Crippen LogP contribution in [-0.2, 0) is 6.42 Å². The van der Waals surface area contributed by atoms with Crippen LogP contribution in [0.2, 0.25) is 0 Å². The van der Waals surface area contributed by atoms with Crippen molar-refractivity contribution < 1.29 is 4.42 Å². The van der Waals surface area contributed by atoms with E-state index in [0.717, 1.165) is 24.8 Å². The molecule has 0 aliphatic heterocycles. The van der Waals surface area contributed by atoms with Crippen molar-refractivity contribution in [2.45, 2.75) is 38.1 Å². The summed E-state index contributed by atoms with van der Waals surface area (Å²) in [6, 6.07) is 13.6. The normalized spacial score (nSPS) is 16.5. The summed E-state index contributed by atoms with van der Waals surface area (Å²) < 4.78 is 5.51. The van der Waals surface area contributed by atoms with Crippen LogP contribution in [0.25, 0.3) is 0 Å². The standard InChI is InChI=1S/C17H21NO/c1-13-4-2-5-14(10-13)15(12-18-16-7-8-16)11-17-6-3-9-19-17/h2-6,9-10,15-16,18H,7-8,11-12H2,1H3. The van der Waals surface area contributed by atoms with Crippen LogP contribution >= 0.6 is 0 Å². The number of hydrogen-bond donors (Lipinski definition) is 1. The van der Waals surface area contributed by atoms with Gasteiger partial charge >= 0.3 is 0 Å². The molecule has 0 amide bonds. The molecule has 2 heteroatoms. The lowest BCUT2D eigenvalue weighted by Gasteiger charge is -2.17. The number of nitrogens with one attached hydrogen (secondary N) is 1. The zero-order valence-corrected chi connectivity index (χ0v) is 11.4. The lowest BCUT2D eigenvalue weighted by molar-refractivity contribution is 0.472. The molecule has 1 N–H and O–H groups in total. The quantitative estimate of drug-likeness (QED) is 0.852. The molecule has 1 atom stereocenters. The average molecular weight is 255 g/mol. The fourth-order valence-electron chi connectivity index (χ4n) is 2.50. The van der Waals surface area contributed by atoms with E-state index in [4.69, 9.17) is 4.42 Å². The highest BCUT2D eigenvalue weighted by molar-refractivity contribution is 5.27. The number of rotatable bonds is 6. The van der Waals surface area contributed by atoms with Crippen LogP contribution in [0.4, 0.5) is 0 Å². The van der Waals surface area contributed by atoms with E-state index >= 15 is 0 Å². The van der Waals surface area contributed by atoms with Gasteiger partial charge in [-0.1, -0.05) is 29.8 Å². The van der Waals surface area contributed by atoms with Gasteiger partial charge in [-0.2, -0.15) is 0 Å². The zero-order valence-electron chi connectivity index (χ0n) is 11.4. The third-order valence-electron chi connectivity index (χ3n) is 3.77. The first kappa shape index (κ1) is 12.5. The first-order chi connectivity index (χ1) is 9.31. The second-order valence-electron chi connectivity index (χ2n) is 5.58. The molecule has 19 heavy (non-hydrogen) atoms. The zero-order chi connectivity index (χ0) is 13.1. The molecule has 0 bridgehead atoms. The molecule has 1 aliphatic carbocycles. The van der Waals surface area contributed by atoms with Crippen LogP contribution in [0.15, 0.2) is 47.1 Å². The van der Waals surface area contributed by atoms with Crippen LogP contribution in [0.1, 0.15) is 35.6 Å². The van der Waals surface area contributed by atoms with Gasteiger partial charge in [0.2, 0.25) is 0 Å². The van der Waals surface area contributed by atoms with Gasteiger partial charge < -0.3 is 9.73 Å². The van der Waals surface area contributed by atoms with Gasteiger partial charge in [-0.05, 0) is 37.5 Å². The Morgan fingerprint density at radius 1 is 1.26 bits per heavy atom. The van der Waals surface area contributed by atoms with Gasteiger partial charge in [0.1, 0.15) is 5.76 Å². The third kappa shape index (κ3) is 3.48. The molecular weight excluding hydrogens is 234 g/mol. The molecule has 2 nitrogen and oxygen atoms in total. The molecule has 1 fully saturated rings. The van der Waals surface area contributed by atoms with Gasteiger partial charge in [0.05, 0.1) is 6.26 Å². The Balaban J connectivity index is 1.73. The maximum atomic E-state index is 5.51. The highest BCUT2D eigenvalue weighted by atomic mass is 16.3. The maximum Gasteiger partial charge on any atom is 0.104 e. The number of benzene rings is 1. The molecule has 1 aromatic heterocycles. The molecule has 3 rings (SSSR count). The Morgan fingerprint density at radius 2 is 2.16 bits per heavy atom. The minimum absolute atomic E-state index is 0.492. The molecule has 0 radical (unpaired) electrons. The van der Waals surface area contributed by atoms with Gasteiger partial charge in [0, 0.05) is 24.9 Å². The number of aryl methyl sites for hydroxylation is 1. The van der Waals surface area contributed by atoms with E-state index in [1.807, 2.05) is 6.07 Å². The van der Waals surface area contributed by atoms with Gasteiger partial charge in [-0.3, -0.25) is 0 Å². The summed E-state index contributed by atoms with van der Waals surface area (Å²) in [4.78, 5) is 0. The molecule has 100 valence electrons. The summed E-state index contributed by atoms with van der Waals surface area (Å²) in [5, 5.41) is 3.65. The summed E-state index contributed by atoms with van der Waals surface area (Å²) in [5.74, 6) is 1.57. The minimum atomic E-state index is 0.492. The Hall–Kier alpha value is -1.54. The lowest BCUT2D eigenvalue weighted by Crippen LogP contribution is -2.24. The number of furan rings is 1. The molecule has 1 aromatic carbocycles. The summed E-state index contributed by atoms with van der Waals surface area (Å²) in [7, 11) is 0. The van der Waals surface area contributed by atoms with Crippen LogP contribution in [0, 0.1) is 6.92 Å². The van der Waals surface area contributed by atoms with E-state index in [0.29, 0.717) is 5.92 Å². The van der Waals surface area contributed by atoms with E-state index in [1.165, 1.54) is 24.0 Å². The summed E-state index contributed by atoms with van der Waals surface area (Å²) in [5.41, 5.74) is 2.73. The monoisotopic (exact) mass is 255 g/mol. The Kier molecular flexibility index (Phi) is 3.69. The summed E-state index contributed by atoms with van der Waals surface area (Å²) in [6.07, 6.45) is 5.40. The first-order valence-electron chi connectivity index (χ1n) is 7.13. The van der Waals surface area contributed by atoms with Crippen molar-refractivity contribution in [3.63, 3.8) is 0 Å². The van der Waals surface area contributed by atoms with Gasteiger partial charge in [0.25, 0.3) is 0 Å². The van der Waals surface area contributed by atoms with E-state index < -0.39 is 0 Å². The Bertz CT molecular complexity index is 514. The van der Waals surface area contributed by atoms with Gasteiger partial charge in [0.15, 0.2) is 0 Å². The van der Waals surface area contributed by atoms with Crippen molar-refractivity contribution >= 4 is 0 Å². The van der Waals surface area contributed by atoms with Crippen LogP contribution in [0.3, 0.4) is 0 Å². The molecule has 0 saturated heterocycles. The second kappa shape index (κ2) is 5.62. The van der Waals surface area contributed by atoms with Crippen molar-refractivity contribution in [1.29, 1.82) is 0 Å². The predicted octanol–water partition coefficient (Wildman–Crippen LogP) is 3.67. The minimum Gasteiger partial charge on any atom is -0.469 e. The molecule has 1 unspecified atom stereocenters. The van der Waals surface area contributed by atoms with Crippen LogP contribution in [-0.4, -0.2) is 12.6 Å². The average Bonchev–Trinajstić information content (AvgIpc) is 3.10. The maximum absolute atomic E-state index is 5.51. The van der Waals surface area contributed by atoms with Crippen LogP contribution < -0.4 is 5.32 Å². The molecular formula is C17H21NO. The van der Waals surface area contributed by atoms with Gasteiger partial charge in [-0.15, -0.1) is 0 Å². The fraction of sp³-hybridized carbons (Fsp3) is 0.412. The Labute approximate surface area is 114 Å². The topological polar surface area (TPSA) is 25.2 Å². The SMILES string of the molecule is Cc1cccc(C(CNC2CC2)Cc2ccco2)c1. The molecule has 1 saturated carbocycles. The second-order valence-corrected chi connectivity index (χ2v) is 5.58. The van der Waals surface area contributed by atoms with Crippen molar-refractivity contribution in [2.75, 3.05) is 6.54 Å². The third-order valence-corrected chi connectivity index (χ3v) is 3.77. The van der Waals surface area contributed by atoms with Crippen molar-refractivity contribution in [3.8, 4) is 0 Å². The van der Waals surface area contributed by atoms with Crippen LogP contribution in [0.5, 0.6) is 0 Å². The van der Waals surface area contributed by atoms with Crippen molar-refractivity contribution in [3.05, 3.63) is 59.5 Å². The predicted molar refractivity (Wildman–Crippen MR) is 77.4 cm³/mol. The first-order valence-corrected chi connectivity index (χ1v) is 7.13. The Morgan fingerprint density at radius 3 is 2.84 bits per heavy atom. The largest absolute Gasteiger partial charge is 0.469 e. The molecule has 2 aromatic rings. The summed E-state index contributed by atoms with van der Waals surface area (Å²) >= 11 is 0. The van der Waals surface area contributed by atoms with E-state index in [-0.39, 0.29) is 0 Å². The van der Waals surface area contributed by atoms with Crippen molar-refractivity contribution in [1.82, 2.24) is 5.32 Å². The lowest BCUT2D eigenvalue weighted by atomic mass is 9.93. The highest BCUT2D eigenvalue weighted by Gasteiger charge is 2.23. The molecule has 1 heterocycles. The summed E-state index contributed by atoms with van der Waals surface area (Å²) in [6.45, 7) is 3.19. The van der Waals surface area contributed by atoms with Crippen molar-refractivity contribution in [2.24, 2.45) is 0 Å². The van der Waals surface area contributed by atoms with Gasteiger partial charge in [-0.25, -0.2) is 0 Å². The smallest absolute Gasteiger partial charge is 0.104 e. The molecule has 0 spiro atoms.